The van der Waals surface area contributed by atoms with Crippen LogP contribution in [-0.2, 0) is 13.1 Å². The molecule has 5 nitrogen and oxygen atoms in total. The fourth-order valence-electron chi connectivity index (χ4n) is 2.72. The lowest BCUT2D eigenvalue weighted by molar-refractivity contribution is 0.0950. The van der Waals surface area contributed by atoms with Crippen LogP contribution in [0.25, 0.3) is 10.8 Å². The average Bonchev–Trinajstić information content (AvgIpc) is 2.63. The summed E-state index contributed by atoms with van der Waals surface area (Å²) < 4.78 is 1.25. The maximum Gasteiger partial charge on any atom is 0.275 e. The van der Waals surface area contributed by atoms with Crippen molar-refractivity contribution in [1.29, 1.82) is 0 Å². The summed E-state index contributed by atoms with van der Waals surface area (Å²) in [4.78, 5) is 24.8. The van der Waals surface area contributed by atoms with Gasteiger partial charge in [0.25, 0.3) is 11.5 Å². The third-order valence-electron chi connectivity index (χ3n) is 3.99. The zero-order chi connectivity index (χ0) is 17.8. The van der Waals surface area contributed by atoms with Crippen molar-refractivity contribution in [1.82, 2.24) is 15.1 Å². The van der Waals surface area contributed by atoms with Gasteiger partial charge in [-0.3, -0.25) is 9.59 Å². The first-order chi connectivity index (χ1) is 12.1. The van der Waals surface area contributed by atoms with Gasteiger partial charge in [-0.1, -0.05) is 42.3 Å². The zero-order valence-corrected chi connectivity index (χ0v) is 13.8. The number of fused-ring (bicyclic) bond motifs is 1. The Bertz CT molecular complexity index is 1040. The summed E-state index contributed by atoms with van der Waals surface area (Å²) in [6, 6.07) is 14.5. The molecule has 0 fully saturated rings. The lowest BCUT2D eigenvalue weighted by Gasteiger charge is -2.11. The Balaban J connectivity index is 1.95. The van der Waals surface area contributed by atoms with E-state index in [0.29, 0.717) is 22.0 Å². The first-order valence-electron chi connectivity index (χ1n) is 7.88. The van der Waals surface area contributed by atoms with E-state index in [9.17, 15) is 9.59 Å². The zero-order valence-electron chi connectivity index (χ0n) is 13.8. The van der Waals surface area contributed by atoms with Gasteiger partial charge in [0.2, 0.25) is 0 Å². The van der Waals surface area contributed by atoms with Crippen molar-refractivity contribution < 1.29 is 4.79 Å². The number of aromatic nitrogens is 2. The number of amides is 1. The molecule has 25 heavy (non-hydrogen) atoms. The molecule has 0 aliphatic carbocycles. The van der Waals surface area contributed by atoms with E-state index in [1.165, 1.54) is 4.68 Å². The monoisotopic (exact) mass is 331 g/mol. The number of aryl methyl sites for hydroxylation is 1. The second kappa shape index (κ2) is 7.02. The highest BCUT2D eigenvalue weighted by atomic mass is 16.1. The molecule has 0 atom stereocenters. The molecule has 5 heteroatoms. The number of benzene rings is 2. The van der Waals surface area contributed by atoms with Gasteiger partial charge in [-0.15, -0.1) is 6.42 Å². The van der Waals surface area contributed by atoms with Crippen LogP contribution in [0.1, 0.15) is 21.6 Å². The Kier molecular flexibility index (Phi) is 4.62. The van der Waals surface area contributed by atoms with Crippen molar-refractivity contribution in [3.05, 3.63) is 75.7 Å². The van der Waals surface area contributed by atoms with Gasteiger partial charge in [-0.25, -0.2) is 4.68 Å². The Hall–Kier alpha value is -3.39. The van der Waals surface area contributed by atoms with E-state index in [-0.39, 0.29) is 24.6 Å². The summed E-state index contributed by atoms with van der Waals surface area (Å²) in [6.07, 6.45) is 5.32. The number of nitrogens with zero attached hydrogens (tertiary/aromatic N) is 2. The molecule has 0 aliphatic rings. The van der Waals surface area contributed by atoms with Crippen molar-refractivity contribution in [2.45, 2.75) is 20.0 Å². The van der Waals surface area contributed by atoms with Crippen LogP contribution in [-0.4, -0.2) is 15.7 Å². The number of terminal acetylenes is 1. The van der Waals surface area contributed by atoms with Crippen LogP contribution in [0.4, 0.5) is 0 Å². The Morgan fingerprint density at radius 2 is 1.84 bits per heavy atom. The van der Waals surface area contributed by atoms with Crippen LogP contribution in [0.15, 0.2) is 53.3 Å². The molecule has 3 rings (SSSR count). The van der Waals surface area contributed by atoms with Crippen LogP contribution in [0.2, 0.25) is 0 Å². The van der Waals surface area contributed by atoms with E-state index >= 15 is 0 Å². The highest BCUT2D eigenvalue weighted by Crippen LogP contribution is 2.14. The summed E-state index contributed by atoms with van der Waals surface area (Å²) in [5.74, 6) is 2.25. The lowest BCUT2D eigenvalue weighted by Crippen LogP contribution is -2.28. The quantitative estimate of drug-likeness (QED) is 0.746. The van der Waals surface area contributed by atoms with Crippen molar-refractivity contribution in [3.8, 4) is 12.3 Å². The van der Waals surface area contributed by atoms with Crippen molar-refractivity contribution >= 4 is 16.7 Å². The normalized spacial score (nSPS) is 10.4. The molecule has 124 valence electrons. The highest BCUT2D eigenvalue weighted by molar-refractivity contribution is 5.95. The van der Waals surface area contributed by atoms with Crippen LogP contribution in [0.3, 0.4) is 0 Å². The van der Waals surface area contributed by atoms with Gasteiger partial charge in [-0.05, 0) is 24.6 Å². The highest BCUT2D eigenvalue weighted by Gasteiger charge is 2.12. The van der Waals surface area contributed by atoms with Gasteiger partial charge >= 0.3 is 0 Å². The van der Waals surface area contributed by atoms with E-state index in [2.05, 4.69) is 16.3 Å². The molecule has 3 aromatic rings. The first-order valence-corrected chi connectivity index (χ1v) is 7.88. The van der Waals surface area contributed by atoms with Crippen LogP contribution < -0.4 is 10.9 Å². The largest absolute Gasteiger partial charge is 0.346 e. The van der Waals surface area contributed by atoms with Gasteiger partial charge in [0.15, 0.2) is 0 Å². The number of nitrogens with one attached hydrogen (secondary N) is 1. The summed E-state index contributed by atoms with van der Waals surface area (Å²) in [5, 5.41) is 8.44. The van der Waals surface area contributed by atoms with Crippen LogP contribution in [0, 0.1) is 19.3 Å². The van der Waals surface area contributed by atoms with E-state index in [4.69, 9.17) is 6.42 Å². The predicted octanol–water partition coefficient (Wildman–Crippen LogP) is 2.27. The smallest absolute Gasteiger partial charge is 0.275 e. The molecule has 0 bridgehead atoms. The van der Waals surface area contributed by atoms with Crippen LogP contribution in [0.5, 0.6) is 0 Å². The van der Waals surface area contributed by atoms with Crippen molar-refractivity contribution in [2.24, 2.45) is 0 Å². The summed E-state index contributed by atoms with van der Waals surface area (Å²) in [5.41, 5.74) is 1.88. The predicted molar refractivity (Wildman–Crippen MR) is 97.2 cm³/mol. The topological polar surface area (TPSA) is 64.0 Å². The molecular formula is C20H17N3O2. The minimum Gasteiger partial charge on any atom is -0.346 e. The molecule has 0 saturated carbocycles. The van der Waals surface area contributed by atoms with Gasteiger partial charge < -0.3 is 5.32 Å². The molecule has 1 aromatic heterocycles. The van der Waals surface area contributed by atoms with E-state index in [1.54, 1.807) is 18.2 Å². The van der Waals surface area contributed by atoms with E-state index < -0.39 is 0 Å². The van der Waals surface area contributed by atoms with Gasteiger partial charge in [0.1, 0.15) is 6.54 Å². The SMILES string of the molecule is C#CCn1nc(CNC(=O)c2ccccc2C)c2ccccc2c1=O. The van der Waals surface area contributed by atoms with Gasteiger partial charge in [0.05, 0.1) is 17.6 Å². The molecule has 1 heterocycles. The molecule has 1 N–H and O–H groups in total. The molecule has 1 amide bonds. The maximum absolute atomic E-state index is 12.4. The second-order valence-corrected chi connectivity index (χ2v) is 5.66. The Morgan fingerprint density at radius 3 is 2.56 bits per heavy atom. The first kappa shape index (κ1) is 16.5. The molecule has 2 aromatic carbocycles. The maximum atomic E-state index is 12.4. The molecular weight excluding hydrogens is 314 g/mol. The van der Waals surface area contributed by atoms with Crippen LogP contribution >= 0.6 is 0 Å². The number of hydrogen-bond donors (Lipinski definition) is 1. The van der Waals surface area contributed by atoms with Crippen molar-refractivity contribution in [3.63, 3.8) is 0 Å². The fraction of sp³-hybridized carbons (Fsp3) is 0.150. The summed E-state index contributed by atoms with van der Waals surface area (Å²) >= 11 is 0. The number of carbonyl (C=O) groups is 1. The fourth-order valence-corrected chi connectivity index (χ4v) is 2.72. The minimum absolute atomic E-state index is 0.0857. The molecule has 0 saturated heterocycles. The number of hydrogen-bond acceptors (Lipinski definition) is 3. The van der Waals surface area contributed by atoms with Gasteiger partial charge in [-0.2, -0.15) is 5.10 Å². The average molecular weight is 331 g/mol. The molecule has 0 unspecified atom stereocenters. The third-order valence-corrected chi connectivity index (χ3v) is 3.99. The Morgan fingerprint density at radius 1 is 1.16 bits per heavy atom. The third kappa shape index (κ3) is 3.29. The minimum atomic E-state index is -0.234. The standard InChI is InChI=1S/C20H17N3O2/c1-3-12-23-20(25)17-11-7-6-10-16(17)18(22-23)13-21-19(24)15-9-5-4-8-14(15)2/h1,4-11H,12-13H2,2H3,(H,21,24). The second-order valence-electron chi connectivity index (χ2n) is 5.66. The van der Waals surface area contributed by atoms with E-state index in [0.717, 1.165) is 5.56 Å². The lowest BCUT2D eigenvalue weighted by atomic mass is 10.1. The van der Waals surface area contributed by atoms with E-state index in [1.807, 2.05) is 37.3 Å². The van der Waals surface area contributed by atoms with Gasteiger partial charge in [0, 0.05) is 10.9 Å². The number of rotatable bonds is 4. The molecule has 0 radical (unpaired) electrons. The molecule has 0 spiro atoms. The molecule has 0 aliphatic heterocycles. The van der Waals surface area contributed by atoms with Crippen molar-refractivity contribution in [2.75, 3.05) is 0 Å². The Labute approximate surface area is 145 Å². The number of carbonyl (C=O) groups excluding carboxylic acids is 1. The summed E-state index contributed by atoms with van der Waals surface area (Å²) in [7, 11) is 0. The summed E-state index contributed by atoms with van der Waals surface area (Å²) in [6.45, 7) is 2.18.